The molecular formula is C28H34N4O7. The number of amides is 1. The lowest BCUT2D eigenvalue weighted by molar-refractivity contribution is -0.153. The van der Waals surface area contributed by atoms with Crippen molar-refractivity contribution >= 4 is 28.9 Å². The van der Waals surface area contributed by atoms with Crippen molar-refractivity contribution in [2.24, 2.45) is 23.5 Å². The van der Waals surface area contributed by atoms with E-state index in [4.69, 9.17) is 5.73 Å². The largest absolute Gasteiger partial charge is 0.508 e. The zero-order valence-corrected chi connectivity index (χ0v) is 22.4. The minimum Gasteiger partial charge on any atom is -0.508 e. The number of aliphatic hydroxyl groups excluding tert-OH is 2. The molecule has 0 radical (unpaired) electrons. The van der Waals surface area contributed by atoms with E-state index in [-0.39, 0.29) is 35.8 Å². The fourth-order valence-electron chi connectivity index (χ4n) is 8.16. The van der Waals surface area contributed by atoms with E-state index in [1.54, 1.807) is 20.2 Å². The number of fused-ring (bicyclic) bond motifs is 7. The molecule has 2 aliphatic heterocycles. The second-order valence-corrected chi connectivity index (χ2v) is 12.0. The van der Waals surface area contributed by atoms with Crippen LogP contribution in [0.4, 0.5) is 5.69 Å². The minimum absolute atomic E-state index is 0.0753. The van der Waals surface area contributed by atoms with E-state index in [1.807, 2.05) is 7.05 Å². The van der Waals surface area contributed by atoms with E-state index in [1.165, 1.54) is 4.90 Å². The Bertz CT molecular complexity index is 1410. The van der Waals surface area contributed by atoms with E-state index >= 15 is 0 Å². The normalized spacial score (nSPS) is 34.1. The monoisotopic (exact) mass is 538 g/mol. The number of aromatic hydroxyl groups is 1. The Hall–Kier alpha value is -3.41. The second-order valence-electron chi connectivity index (χ2n) is 12.0. The number of benzene rings is 1. The molecule has 1 saturated heterocycles. The zero-order valence-electron chi connectivity index (χ0n) is 22.4. The van der Waals surface area contributed by atoms with Crippen LogP contribution in [-0.2, 0) is 20.8 Å². The lowest BCUT2D eigenvalue weighted by Gasteiger charge is -2.50. The van der Waals surface area contributed by atoms with Gasteiger partial charge in [0.05, 0.1) is 11.6 Å². The Morgan fingerprint density at radius 2 is 1.87 bits per heavy atom. The first-order chi connectivity index (χ1) is 18.3. The Kier molecular flexibility index (Phi) is 5.50. The number of nitrogens with two attached hydrogens (primary N) is 1. The van der Waals surface area contributed by atoms with Crippen molar-refractivity contribution in [2.45, 2.75) is 36.9 Å². The number of Topliss-reactive ketones (excluding diaryl/α,β-unsaturated/α-hetero) is 2. The van der Waals surface area contributed by atoms with Crippen molar-refractivity contribution in [2.75, 3.05) is 46.2 Å². The molecule has 6 N–H and O–H groups in total. The number of carbonyl (C=O) groups excluding carboxylic acids is 3. The van der Waals surface area contributed by atoms with Crippen molar-refractivity contribution < 1.29 is 34.8 Å². The quantitative estimate of drug-likeness (QED) is 0.333. The molecule has 6 atom stereocenters. The number of hydrogen-bond acceptors (Lipinski definition) is 10. The van der Waals surface area contributed by atoms with Crippen molar-refractivity contribution in [3.05, 3.63) is 39.7 Å². The van der Waals surface area contributed by atoms with Gasteiger partial charge in [-0.05, 0) is 76.0 Å². The highest BCUT2D eigenvalue weighted by atomic mass is 16.3. The Balaban J connectivity index is 1.56. The zero-order chi connectivity index (χ0) is 28.3. The standard InChI is InChI=1S/C28H34N4O7/c1-30(2)22-15-8-12-7-13-18(16(33)9-14-20-11(5-6-31(20)3)10-32(4)21(13)14)23(34)17(12)25(36)28(15,39)26(37)19(24(22)35)27(29)38/h9,11-12,15,20,22,33-34,37,39H,5-8,10H2,1-4H3,(H2,29,38)/t11?,12-,15-,20?,22+,28-/m0/s1. The summed E-state index contributed by atoms with van der Waals surface area (Å²) in [6, 6.07) is 0.687. The summed E-state index contributed by atoms with van der Waals surface area (Å²) >= 11 is 0. The van der Waals surface area contributed by atoms with Gasteiger partial charge in [0.25, 0.3) is 5.91 Å². The molecule has 39 heavy (non-hydrogen) atoms. The summed E-state index contributed by atoms with van der Waals surface area (Å²) < 4.78 is 0. The van der Waals surface area contributed by atoms with Crippen LogP contribution in [0.1, 0.15) is 35.6 Å². The van der Waals surface area contributed by atoms with Gasteiger partial charge in [0, 0.05) is 36.8 Å². The van der Waals surface area contributed by atoms with Crippen LogP contribution in [0.5, 0.6) is 5.75 Å². The summed E-state index contributed by atoms with van der Waals surface area (Å²) in [5.41, 5.74) is 4.55. The smallest absolute Gasteiger partial charge is 0.255 e. The third-order valence-corrected chi connectivity index (χ3v) is 9.71. The highest BCUT2D eigenvalue weighted by Gasteiger charge is 2.64. The number of ketones is 2. The molecule has 2 heterocycles. The van der Waals surface area contributed by atoms with E-state index < -0.39 is 58.0 Å². The summed E-state index contributed by atoms with van der Waals surface area (Å²) in [5, 5.41) is 45.4. The summed E-state index contributed by atoms with van der Waals surface area (Å²) in [4.78, 5) is 45.3. The third kappa shape index (κ3) is 3.17. The molecule has 0 aromatic heterocycles. The van der Waals surface area contributed by atoms with Gasteiger partial charge in [-0.25, -0.2) is 0 Å². The van der Waals surface area contributed by atoms with Gasteiger partial charge in [0.15, 0.2) is 11.4 Å². The maximum Gasteiger partial charge on any atom is 0.255 e. The number of carbonyl (C=O) groups is 3. The number of rotatable bonds is 2. The average Bonchev–Trinajstić information content (AvgIpc) is 3.21. The Morgan fingerprint density at radius 3 is 2.51 bits per heavy atom. The Labute approximate surface area is 225 Å². The third-order valence-electron chi connectivity index (χ3n) is 9.71. The molecule has 3 aliphatic carbocycles. The lowest BCUT2D eigenvalue weighted by Crippen LogP contribution is -2.65. The first-order valence-electron chi connectivity index (χ1n) is 13.3. The molecule has 208 valence electrons. The van der Waals surface area contributed by atoms with Crippen LogP contribution in [0, 0.1) is 17.8 Å². The fraction of sp³-hybridized carbons (Fsp3) is 0.536. The number of hydrogen-bond donors (Lipinski definition) is 5. The number of likely N-dealkylation sites (tertiary alicyclic amines) is 1. The minimum atomic E-state index is -2.63. The van der Waals surface area contributed by atoms with E-state index in [2.05, 4.69) is 16.8 Å². The molecule has 2 unspecified atom stereocenters. The van der Waals surface area contributed by atoms with Gasteiger partial charge in [-0.1, -0.05) is 0 Å². The molecule has 0 bridgehead atoms. The SMILES string of the molecule is CN1CC2CCN(C)C2c2cc(O)c3c(c21)C[C@H]1C[C@H]2[C@@H](N(C)C)C(=O)C(C(N)=O)=C(O)[C@@]2(O)C(=O)C1=C3O. The van der Waals surface area contributed by atoms with Crippen molar-refractivity contribution in [1.82, 2.24) is 9.80 Å². The summed E-state index contributed by atoms with van der Waals surface area (Å²) in [6.45, 7) is 1.76. The first kappa shape index (κ1) is 25.8. The molecule has 6 rings (SSSR count). The first-order valence-corrected chi connectivity index (χ1v) is 13.3. The molecule has 5 aliphatic rings. The number of nitrogens with zero attached hydrogens (tertiary/aromatic N) is 3. The number of phenols is 1. The van der Waals surface area contributed by atoms with Crippen LogP contribution < -0.4 is 10.6 Å². The molecular weight excluding hydrogens is 504 g/mol. The number of anilines is 1. The Morgan fingerprint density at radius 1 is 1.18 bits per heavy atom. The van der Waals surface area contributed by atoms with Gasteiger partial charge in [0.2, 0.25) is 5.78 Å². The molecule has 2 fully saturated rings. The molecule has 11 nitrogen and oxygen atoms in total. The van der Waals surface area contributed by atoms with Crippen LogP contribution in [0.2, 0.25) is 0 Å². The van der Waals surface area contributed by atoms with Gasteiger partial charge in [-0.15, -0.1) is 0 Å². The predicted molar refractivity (Wildman–Crippen MR) is 141 cm³/mol. The van der Waals surface area contributed by atoms with Gasteiger partial charge in [0.1, 0.15) is 22.8 Å². The fourth-order valence-corrected chi connectivity index (χ4v) is 8.16. The van der Waals surface area contributed by atoms with Crippen LogP contribution >= 0.6 is 0 Å². The summed E-state index contributed by atoms with van der Waals surface area (Å²) in [5.74, 6) is -5.98. The second kappa shape index (κ2) is 8.30. The van der Waals surface area contributed by atoms with E-state index in [0.29, 0.717) is 5.92 Å². The van der Waals surface area contributed by atoms with Crippen LogP contribution in [0.3, 0.4) is 0 Å². The average molecular weight is 539 g/mol. The number of primary amides is 1. The number of aliphatic hydroxyl groups is 3. The summed E-state index contributed by atoms with van der Waals surface area (Å²) in [7, 11) is 7.23. The number of likely N-dealkylation sites (N-methyl/N-ethyl adjacent to an activating group) is 1. The molecule has 1 saturated carbocycles. The topological polar surface area (TPSA) is 168 Å². The van der Waals surface area contributed by atoms with Crippen molar-refractivity contribution in [1.29, 1.82) is 0 Å². The van der Waals surface area contributed by atoms with Crippen LogP contribution in [0.25, 0.3) is 5.76 Å². The van der Waals surface area contributed by atoms with Gasteiger partial charge < -0.3 is 31.1 Å². The number of phenolic OH excluding ortho intramolecular Hbond substituents is 1. The van der Waals surface area contributed by atoms with Gasteiger partial charge in [-0.2, -0.15) is 0 Å². The molecule has 1 aromatic rings. The van der Waals surface area contributed by atoms with E-state index in [9.17, 15) is 34.8 Å². The molecule has 1 aromatic carbocycles. The maximum absolute atomic E-state index is 14.0. The lowest BCUT2D eigenvalue weighted by atomic mass is 9.57. The molecule has 0 spiro atoms. The maximum atomic E-state index is 14.0. The van der Waals surface area contributed by atoms with Crippen LogP contribution in [0.15, 0.2) is 23.0 Å². The predicted octanol–water partition coefficient (Wildman–Crippen LogP) is 0.407. The highest BCUT2D eigenvalue weighted by molar-refractivity contribution is 6.24. The molecule has 1 amide bonds. The highest BCUT2D eigenvalue weighted by Crippen LogP contribution is 2.56. The summed E-state index contributed by atoms with van der Waals surface area (Å²) in [6.07, 6.45) is 1.41. The van der Waals surface area contributed by atoms with Gasteiger partial charge in [-0.3, -0.25) is 24.2 Å². The van der Waals surface area contributed by atoms with Crippen molar-refractivity contribution in [3.8, 4) is 5.75 Å². The molecule has 11 heteroatoms. The van der Waals surface area contributed by atoms with E-state index in [0.717, 1.165) is 36.3 Å². The van der Waals surface area contributed by atoms with Gasteiger partial charge >= 0.3 is 0 Å². The van der Waals surface area contributed by atoms with Crippen molar-refractivity contribution in [3.63, 3.8) is 0 Å². The van der Waals surface area contributed by atoms with Crippen LogP contribution in [-0.4, -0.2) is 101 Å².